The Morgan fingerprint density at radius 2 is 1.71 bits per heavy atom. The molecule has 1 unspecified atom stereocenters. The summed E-state index contributed by atoms with van der Waals surface area (Å²) in [7, 11) is 1.54. The Labute approximate surface area is 163 Å². The molecule has 0 radical (unpaired) electrons. The quantitative estimate of drug-likeness (QED) is 0.596. The van der Waals surface area contributed by atoms with Gasteiger partial charge in [0.25, 0.3) is 5.91 Å². The van der Waals surface area contributed by atoms with Gasteiger partial charge in [-0.3, -0.25) is 14.4 Å². The molecule has 8 heteroatoms. The lowest BCUT2D eigenvalue weighted by Gasteiger charge is -2.36. The number of alkyl halides is 1. The van der Waals surface area contributed by atoms with Crippen LogP contribution >= 0.6 is 0 Å². The summed E-state index contributed by atoms with van der Waals surface area (Å²) in [6.07, 6.45) is 2.66. The fraction of sp³-hybridized carbons (Fsp3) is 0.450. The van der Waals surface area contributed by atoms with E-state index in [1.165, 1.54) is 17.1 Å². The lowest BCUT2D eigenvalue weighted by Crippen LogP contribution is -2.55. The molecule has 1 aromatic rings. The van der Waals surface area contributed by atoms with Crippen LogP contribution in [0.25, 0.3) is 0 Å². The molecular weight excluding hydrogens is 365 g/mol. The molecule has 0 saturated carbocycles. The topological polar surface area (TPSA) is 79.0 Å². The molecule has 1 aromatic carbocycles. The first-order valence-corrected chi connectivity index (χ1v) is 9.27. The molecule has 7 nitrogen and oxygen atoms in total. The van der Waals surface area contributed by atoms with Crippen LogP contribution in [0.1, 0.15) is 16.8 Å². The van der Waals surface area contributed by atoms with Crippen LogP contribution in [0.5, 0.6) is 5.75 Å². The molecule has 0 spiro atoms. The number of nitrogens with zero attached hydrogens (tertiary/aromatic N) is 2. The van der Waals surface area contributed by atoms with Gasteiger partial charge < -0.3 is 19.9 Å². The maximum Gasteiger partial charge on any atom is 0.261 e. The highest BCUT2D eigenvalue weighted by molar-refractivity contribution is 6.07. The number of hydrogen-bond acceptors (Lipinski definition) is 5. The zero-order valence-electron chi connectivity index (χ0n) is 15.8. The van der Waals surface area contributed by atoms with Crippen LogP contribution in [0.2, 0.25) is 0 Å². The Morgan fingerprint density at radius 1 is 1.07 bits per heavy atom. The molecule has 1 N–H and O–H groups in total. The van der Waals surface area contributed by atoms with Crippen molar-refractivity contribution >= 4 is 17.6 Å². The number of carbonyl (C=O) groups excluding carboxylic acids is 3. The Hall–Kier alpha value is -2.74. The van der Waals surface area contributed by atoms with Gasteiger partial charge >= 0.3 is 0 Å². The second-order valence-corrected chi connectivity index (χ2v) is 6.94. The largest absolute Gasteiger partial charge is 0.497 e. The maximum absolute atomic E-state index is 14.6. The third kappa shape index (κ3) is 4.39. The molecule has 1 atom stereocenters. The van der Waals surface area contributed by atoms with Crippen molar-refractivity contribution < 1.29 is 23.5 Å². The number of nitrogens with one attached hydrogen (secondary N) is 1. The minimum atomic E-state index is -1.84. The number of piperazine rings is 1. The van der Waals surface area contributed by atoms with Gasteiger partial charge in [0, 0.05) is 50.8 Å². The van der Waals surface area contributed by atoms with E-state index in [4.69, 9.17) is 4.74 Å². The number of ketones is 1. The molecular formula is C20H24FN3O4. The number of rotatable bonds is 5. The number of hydrogen-bond donors (Lipinski definition) is 1. The number of halogens is 1. The Kier molecular flexibility index (Phi) is 6.08. The number of amides is 2. The van der Waals surface area contributed by atoms with Gasteiger partial charge in [-0.1, -0.05) is 0 Å². The van der Waals surface area contributed by atoms with Crippen LogP contribution in [0.15, 0.2) is 36.4 Å². The summed E-state index contributed by atoms with van der Waals surface area (Å²) >= 11 is 0. The van der Waals surface area contributed by atoms with Crippen LogP contribution in [-0.4, -0.2) is 79.4 Å². The first kappa shape index (κ1) is 20.0. The summed E-state index contributed by atoms with van der Waals surface area (Å²) in [5.41, 5.74) is -1.38. The number of carbonyl (C=O) groups is 3. The van der Waals surface area contributed by atoms with Crippen LogP contribution in [-0.2, 0) is 9.59 Å². The third-order valence-corrected chi connectivity index (χ3v) is 5.12. The van der Waals surface area contributed by atoms with Crippen molar-refractivity contribution in [3.8, 4) is 5.75 Å². The number of methoxy groups -OCH3 is 1. The Bertz CT molecular complexity index is 764. The molecule has 2 heterocycles. The predicted octanol–water partition coefficient (Wildman–Crippen LogP) is 0.807. The molecule has 150 valence electrons. The summed E-state index contributed by atoms with van der Waals surface area (Å²) < 4.78 is 19.6. The van der Waals surface area contributed by atoms with Crippen molar-refractivity contribution in [2.45, 2.75) is 12.1 Å². The van der Waals surface area contributed by atoms with Crippen molar-refractivity contribution in [1.29, 1.82) is 0 Å². The third-order valence-electron chi connectivity index (χ3n) is 5.12. The second kappa shape index (κ2) is 8.52. The predicted molar refractivity (Wildman–Crippen MR) is 101 cm³/mol. The van der Waals surface area contributed by atoms with E-state index in [9.17, 15) is 18.8 Å². The molecule has 0 bridgehead atoms. The maximum atomic E-state index is 14.6. The van der Waals surface area contributed by atoms with E-state index < -0.39 is 11.6 Å². The van der Waals surface area contributed by atoms with Gasteiger partial charge in [0.15, 0.2) is 5.78 Å². The summed E-state index contributed by atoms with van der Waals surface area (Å²) in [6.45, 7) is 1.74. The smallest absolute Gasteiger partial charge is 0.261 e. The Morgan fingerprint density at radius 3 is 2.29 bits per heavy atom. The SMILES string of the molecule is COc1ccc(C(=O)/C=C/C(=O)N2CCN(C(=O)C3(F)CCNC3)CC2)cc1. The summed E-state index contributed by atoms with van der Waals surface area (Å²) in [4.78, 5) is 39.9. The van der Waals surface area contributed by atoms with Crippen molar-refractivity contribution in [2.75, 3.05) is 46.4 Å². The highest BCUT2D eigenvalue weighted by Crippen LogP contribution is 2.23. The van der Waals surface area contributed by atoms with E-state index >= 15 is 0 Å². The Balaban J connectivity index is 1.51. The first-order valence-electron chi connectivity index (χ1n) is 9.27. The van der Waals surface area contributed by atoms with Crippen molar-refractivity contribution in [2.24, 2.45) is 0 Å². The average molecular weight is 389 g/mol. The van der Waals surface area contributed by atoms with Crippen LogP contribution in [0.3, 0.4) is 0 Å². The fourth-order valence-corrected chi connectivity index (χ4v) is 3.36. The fourth-order valence-electron chi connectivity index (χ4n) is 3.36. The summed E-state index contributed by atoms with van der Waals surface area (Å²) in [5, 5.41) is 2.87. The monoisotopic (exact) mass is 389 g/mol. The lowest BCUT2D eigenvalue weighted by atomic mass is 10.0. The van der Waals surface area contributed by atoms with Crippen molar-refractivity contribution in [3.05, 3.63) is 42.0 Å². The van der Waals surface area contributed by atoms with Crippen molar-refractivity contribution in [3.63, 3.8) is 0 Å². The van der Waals surface area contributed by atoms with Gasteiger partial charge in [-0.05, 0) is 36.9 Å². The first-order chi connectivity index (χ1) is 13.4. The summed E-state index contributed by atoms with van der Waals surface area (Å²) in [6, 6.07) is 6.61. The lowest BCUT2D eigenvalue weighted by molar-refractivity contribution is -0.146. The van der Waals surface area contributed by atoms with Crippen LogP contribution < -0.4 is 10.1 Å². The molecule has 28 heavy (non-hydrogen) atoms. The van der Waals surface area contributed by atoms with Gasteiger partial charge in [0.2, 0.25) is 11.6 Å². The van der Waals surface area contributed by atoms with E-state index in [0.29, 0.717) is 30.9 Å². The zero-order chi connectivity index (χ0) is 20.1. The molecule has 2 saturated heterocycles. The standard InChI is InChI=1S/C20H24FN3O4/c1-28-16-4-2-15(3-5-16)17(25)6-7-18(26)23-10-12-24(13-11-23)19(27)20(21)8-9-22-14-20/h2-7,22H,8-14H2,1H3/b7-6+. The molecule has 0 aliphatic carbocycles. The highest BCUT2D eigenvalue weighted by Gasteiger charge is 2.44. The normalized spacial score (nSPS) is 22.5. The number of benzene rings is 1. The van der Waals surface area contributed by atoms with Crippen LogP contribution in [0.4, 0.5) is 4.39 Å². The molecule has 2 aliphatic heterocycles. The number of allylic oxidation sites excluding steroid dienone is 1. The van der Waals surface area contributed by atoms with E-state index in [1.807, 2.05) is 0 Å². The van der Waals surface area contributed by atoms with Gasteiger partial charge in [-0.2, -0.15) is 0 Å². The van der Waals surface area contributed by atoms with E-state index in [1.54, 1.807) is 36.3 Å². The minimum Gasteiger partial charge on any atom is -0.497 e. The second-order valence-electron chi connectivity index (χ2n) is 6.94. The van der Waals surface area contributed by atoms with Crippen LogP contribution in [0, 0.1) is 0 Å². The molecule has 2 amide bonds. The van der Waals surface area contributed by atoms with E-state index in [2.05, 4.69) is 5.32 Å². The van der Waals surface area contributed by atoms with Gasteiger partial charge in [-0.15, -0.1) is 0 Å². The van der Waals surface area contributed by atoms with Crippen molar-refractivity contribution in [1.82, 2.24) is 15.1 Å². The molecule has 2 aliphatic rings. The van der Waals surface area contributed by atoms with E-state index in [0.717, 1.165) is 0 Å². The molecule has 0 aromatic heterocycles. The van der Waals surface area contributed by atoms with Gasteiger partial charge in [-0.25, -0.2) is 4.39 Å². The molecule has 2 fully saturated rings. The molecule has 3 rings (SSSR count). The summed E-state index contributed by atoms with van der Waals surface area (Å²) in [5.74, 6) is -0.438. The van der Waals surface area contributed by atoms with E-state index in [-0.39, 0.29) is 37.7 Å². The van der Waals surface area contributed by atoms with Gasteiger partial charge in [0.1, 0.15) is 5.75 Å². The highest BCUT2D eigenvalue weighted by atomic mass is 19.1. The zero-order valence-corrected chi connectivity index (χ0v) is 15.8. The number of ether oxygens (including phenoxy) is 1. The average Bonchev–Trinajstić information content (AvgIpc) is 3.19. The van der Waals surface area contributed by atoms with Gasteiger partial charge in [0.05, 0.1) is 7.11 Å². The minimum absolute atomic E-state index is 0.0428.